The molecule has 2 aromatic rings. The number of fused-ring (bicyclic) bond motifs is 1. The van der Waals surface area contributed by atoms with Crippen LogP contribution in [-0.4, -0.2) is 34.1 Å². The summed E-state index contributed by atoms with van der Waals surface area (Å²) in [5.74, 6) is -0.423. The average Bonchev–Trinajstić information content (AvgIpc) is 2.43. The zero-order chi connectivity index (χ0) is 13.8. The third-order valence-electron chi connectivity index (χ3n) is 2.59. The van der Waals surface area contributed by atoms with Crippen LogP contribution in [0.2, 0.25) is 0 Å². The minimum atomic E-state index is -0.514. The topological polar surface area (TPSA) is 105 Å². The number of pyridine rings is 1. The lowest BCUT2D eigenvalue weighted by Gasteiger charge is -2.06. The van der Waals surface area contributed by atoms with Crippen LogP contribution < -0.4 is 5.32 Å². The van der Waals surface area contributed by atoms with Gasteiger partial charge in [0.15, 0.2) is 0 Å². The first kappa shape index (κ1) is 12.9. The molecule has 0 unspecified atom stereocenters. The highest BCUT2D eigenvalue weighted by molar-refractivity contribution is 6.07. The number of hydrogen-bond acceptors (Lipinski definition) is 5. The number of nitrogens with zero attached hydrogens (tertiary/aromatic N) is 2. The van der Waals surface area contributed by atoms with Gasteiger partial charge in [0.1, 0.15) is 0 Å². The molecule has 0 saturated carbocycles. The highest BCUT2D eigenvalue weighted by atomic mass is 16.6. The Morgan fingerprint density at radius 1 is 1.42 bits per heavy atom. The van der Waals surface area contributed by atoms with Crippen molar-refractivity contribution >= 4 is 22.5 Å². The van der Waals surface area contributed by atoms with Crippen molar-refractivity contribution in [1.29, 1.82) is 0 Å². The predicted octanol–water partition coefficient (Wildman–Crippen LogP) is 0.865. The number of non-ortho nitro benzene ring substituents is 1. The number of amides is 1. The minimum absolute atomic E-state index is 0.0955. The van der Waals surface area contributed by atoms with E-state index in [0.717, 1.165) is 0 Å². The molecule has 1 aromatic heterocycles. The Labute approximate surface area is 108 Å². The summed E-state index contributed by atoms with van der Waals surface area (Å²) in [6, 6.07) is 5.76. The van der Waals surface area contributed by atoms with Crippen molar-refractivity contribution in [2.24, 2.45) is 0 Å². The molecule has 0 aliphatic rings. The smallest absolute Gasteiger partial charge is 0.278 e. The number of carbonyl (C=O) groups excluding carboxylic acids is 1. The summed E-state index contributed by atoms with van der Waals surface area (Å²) in [6.07, 6.45) is 1.47. The van der Waals surface area contributed by atoms with Crippen molar-refractivity contribution in [3.63, 3.8) is 0 Å². The molecule has 19 heavy (non-hydrogen) atoms. The van der Waals surface area contributed by atoms with E-state index in [2.05, 4.69) is 10.3 Å². The molecule has 98 valence electrons. The number of aliphatic hydroxyl groups is 1. The van der Waals surface area contributed by atoms with E-state index in [-0.39, 0.29) is 29.9 Å². The molecule has 1 amide bonds. The van der Waals surface area contributed by atoms with Crippen LogP contribution in [0.1, 0.15) is 10.4 Å². The van der Waals surface area contributed by atoms with Crippen LogP contribution in [0.3, 0.4) is 0 Å². The number of carbonyl (C=O) groups is 1. The molecule has 7 nitrogen and oxygen atoms in total. The molecule has 0 radical (unpaired) electrons. The van der Waals surface area contributed by atoms with E-state index in [1.54, 1.807) is 12.1 Å². The van der Waals surface area contributed by atoms with E-state index < -0.39 is 10.8 Å². The normalized spacial score (nSPS) is 10.4. The monoisotopic (exact) mass is 261 g/mol. The van der Waals surface area contributed by atoms with E-state index in [4.69, 9.17) is 5.11 Å². The molecule has 2 rings (SSSR count). The summed E-state index contributed by atoms with van der Waals surface area (Å²) in [7, 11) is 0. The first-order chi connectivity index (χ1) is 9.15. The standard InChI is InChI=1S/C12H11N3O4/c16-7-6-14-12(17)9-3-4-10(15(18)19)8-2-1-5-13-11(8)9/h1-5,16H,6-7H2,(H,14,17). The maximum atomic E-state index is 11.9. The quantitative estimate of drug-likeness (QED) is 0.627. The summed E-state index contributed by atoms with van der Waals surface area (Å²) >= 11 is 0. The van der Waals surface area contributed by atoms with E-state index in [1.165, 1.54) is 18.3 Å². The molecule has 1 heterocycles. The summed E-state index contributed by atoms with van der Waals surface area (Å²) in [6.45, 7) is -0.0613. The molecule has 1 aromatic carbocycles. The summed E-state index contributed by atoms with van der Waals surface area (Å²) in [5, 5.41) is 22.4. The van der Waals surface area contributed by atoms with Gasteiger partial charge in [-0.05, 0) is 18.2 Å². The second kappa shape index (κ2) is 5.40. The summed E-state index contributed by atoms with van der Waals surface area (Å²) in [4.78, 5) is 26.3. The predicted molar refractivity (Wildman–Crippen MR) is 67.8 cm³/mol. The Morgan fingerprint density at radius 3 is 2.89 bits per heavy atom. The van der Waals surface area contributed by atoms with Crippen LogP contribution in [0.15, 0.2) is 30.5 Å². The molecule has 0 bridgehead atoms. The second-order valence-electron chi connectivity index (χ2n) is 3.77. The van der Waals surface area contributed by atoms with Crippen molar-refractivity contribution in [2.75, 3.05) is 13.2 Å². The fourth-order valence-electron chi connectivity index (χ4n) is 1.76. The highest BCUT2D eigenvalue weighted by Gasteiger charge is 2.18. The van der Waals surface area contributed by atoms with Crippen LogP contribution in [0, 0.1) is 10.1 Å². The van der Waals surface area contributed by atoms with E-state index >= 15 is 0 Å². The molecule has 0 aliphatic heterocycles. The van der Waals surface area contributed by atoms with Gasteiger partial charge in [-0.25, -0.2) is 0 Å². The Morgan fingerprint density at radius 2 is 2.21 bits per heavy atom. The number of nitrogens with one attached hydrogen (secondary N) is 1. The molecule has 0 aliphatic carbocycles. The SMILES string of the molecule is O=C(NCCO)c1ccc([N+](=O)[O-])c2cccnc12. The van der Waals surface area contributed by atoms with Crippen molar-refractivity contribution in [3.8, 4) is 0 Å². The molecule has 0 fully saturated rings. The number of rotatable bonds is 4. The third kappa shape index (κ3) is 2.50. The maximum absolute atomic E-state index is 11.9. The van der Waals surface area contributed by atoms with Gasteiger partial charge in [0, 0.05) is 18.8 Å². The maximum Gasteiger partial charge on any atom is 0.278 e. The van der Waals surface area contributed by atoms with Gasteiger partial charge in [0.25, 0.3) is 11.6 Å². The molecule has 2 N–H and O–H groups in total. The number of aliphatic hydroxyl groups excluding tert-OH is 1. The largest absolute Gasteiger partial charge is 0.395 e. The Bertz CT molecular complexity index is 642. The second-order valence-corrected chi connectivity index (χ2v) is 3.77. The molecule has 0 spiro atoms. The van der Waals surface area contributed by atoms with E-state index in [1.807, 2.05) is 0 Å². The molecule has 0 atom stereocenters. The van der Waals surface area contributed by atoms with Gasteiger partial charge in [-0.3, -0.25) is 19.9 Å². The first-order valence-electron chi connectivity index (χ1n) is 5.56. The van der Waals surface area contributed by atoms with Crippen LogP contribution in [-0.2, 0) is 0 Å². The highest BCUT2D eigenvalue weighted by Crippen LogP contribution is 2.26. The van der Waals surface area contributed by atoms with Gasteiger partial charge in [0.05, 0.1) is 28.0 Å². The number of hydrogen-bond donors (Lipinski definition) is 2. The zero-order valence-electron chi connectivity index (χ0n) is 9.87. The fourth-order valence-corrected chi connectivity index (χ4v) is 1.76. The number of aromatic nitrogens is 1. The van der Waals surface area contributed by atoms with Crippen molar-refractivity contribution in [2.45, 2.75) is 0 Å². The van der Waals surface area contributed by atoms with Crippen molar-refractivity contribution in [3.05, 3.63) is 46.1 Å². The zero-order valence-corrected chi connectivity index (χ0v) is 9.87. The van der Waals surface area contributed by atoms with Crippen LogP contribution in [0.5, 0.6) is 0 Å². The Hall–Kier alpha value is -2.54. The van der Waals surface area contributed by atoms with Gasteiger partial charge in [0.2, 0.25) is 0 Å². The average molecular weight is 261 g/mol. The lowest BCUT2D eigenvalue weighted by molar-refractivity contribution is -0.383. The summed E-state index contributed by atoms with van der Waals surface area (Å²) in [5.41, 5.74) is 0.420. The van der Waals surface area contributed by atoms with Crippen LogP contribution in [0.4, 0.5) is 5.69 Å². The van der Waals surface area contributed by atoms with Gasteiger partial charge in [-0.15, -0.1) is 0 Å². The van der Waals surface area contributed by atoms with E-state index in [9.17, 15) is 14.9 Å². The molecular weight excluding hydrogens is 250 g/mol. The minimum Gasteiger partial charge on any atom is -0.395 e. The Kier molecular flexibility index (Phi) is 3.67. The van der Waals surface area contributed by atoms with E-state index in [0.29, 0.717) is 5.39 Å². The van der Waals surface area contributed by atoms with Crippen molar-refractivity contribution in [1.82, 2.24) is 10.3 Å². The van der Waals surface area contributed by atoms with Crippen LogP contribution in [0.25, 0.3) is 10.9 Å². The molecular formula is C12H11N3O4. The van der Waals surface area contributed by atoms with Gasteiger partial charge in [-0.1, -0.05) is 0 Å². The van der Waals surface area contributed by atoms with Gasteiger partial charge >= 0.3 is 0 Å². The van der Waals surface area contributed by atoms with Gasteiger partial charge in [-0.2, -0.15) is 0 Å². The summed E-state index contributed by atoms with van der Waals surface area (Å²) < 4.78 is 0. The number of nitro benzene ring substituents is 1. The lowest BCUT2D eigenvalue weighted by Crippen LogP contribution is -2.26. The van der Waals surface area contributed by atoms with Crippen LogP contribution >= 0.6 is 0 Å². The van der Waals surface area contributed by atoms with Gasteiger partial charge < -0.3 is 10.4 Å². The van der Waals surface area contributed by atoms with Crippen molar-refractivity contribution < 1.29 is 14.8 Å². The molecule has 7 heteroatoms. The number of nitro groups is 1. The number of benzene rings is 1. The Balaban J connectivity index is 2.55. The fraction of sp³-hybridized carbons (Fsp3) is 0.167. The lowest BCUT2D eigenvalue weighted by atomic mass is 10.1. The third-order valence-corrected chi connectivity index (χ3v) is 2.59. The molecule has 0 saturated heterocycles. The first-order valence-corrected chi connectivity index (χ1v) is 5.56.